The first-order chi connectivity index (χ1) is 15.8. The zero-order valence-electron chi connectivity index (χ0n) is 19.3. The molecule has 0 saturated heterocycles. The Morgan fingerprint density at radius 2 is 1.97 bits per heavy atom. The van der Waals surface area contributed by atoms with Crippen molar-refractivity contribution in [1.29, 1.82) is 0 Å². The number of hydrogen-bond acceptors (Lipinski definition) is 5. The molecular weight excluding hydrogens is 653 g/mol. The molecule has 34 heavy (non-hydrogen) atoms. The zero-order valence-corrected chi connectivity index (χ0v) is 24.1. The average Bonchev–Trinajstić information content (AvgIpc) is 3.13. The van der Waals surface area contributed by atoms with E-state index in [-0.39, 0.29) is 55.9 Å². The molecule has 0 bridgehead atoms. The molecule has 0 unspecified atom stereocenters. The second-order valence-electron chi connectivity index (χ2n) is 8.19. The fraction of sp³-hybridized carbons (Fsp3) is 0.500. The van der Waals surface area contributed by atoms with Crippen LogP contribution in [0.4, 0.5) is 10.5 Å². The molecule has 3 rings (SSSR count). The van der Waals surface area contributed by atoms with Crippen LogP contribution in [0.1, 0.15) is 44.2 Å². The van der Waals surface area contributed by atoms with E-state index in [2.05, 4.69) is 21.2 Å². The number of rotatable bonds is 8. The van der Waals surface area contributed by atoms with Crippen LogP contribution in [-0.2, 0) is 27.2 Å². The summed E-state index contributed by atoms with van der Waals surface area (Å²) in [6.45, 7) is 3.58. The number of aryl methyl sites for hydroxylation is 1. The maximum absolute atomic E-state index is 13.5. The van der Waals surface area contributed by atoms with E-state index in [9.17, 15) is 19.2 Å². The number of hydrogen-bond donors (Lipinski definition) is 4. The summed E-state index contributed by atoms with van der Waals surface area (Å²) >= 11 is 0. The minimum Gasteiger partial charge on any atom is -0.667 e. The van der Waals surface area contributed by atoms with Gasteiger partial charge >= 0.3 is 6.03 Å². The minimum atomic E-state index is -0.949. The predicted molar refractivity (Wildman–Crippen MR) is 124 cm³/mol. The average molecular weight is 684 g/mol. The first kappa shape index (κ1) is 28.2. The van der Waals surface area contributed by atoms with Crippen LogP contribution in [-0.4, -0.2) is 54.1 Å². The minimum absolute atomic E-state index is 0. The van der Waals surface area contributed by atoms with E-state index in [0.717, 1.165) is 16.8 Å². The molecule has 0 saturated carbocycles. The molecule has 181 valence electrons. The summed E-state index contributed by atoms with van der Waals surface area (Å²) in [6, 6.07) is 1.91. The number of para-hydroxylation sites is 1. The standard InChI is InChI=1S/C22H30N7O4.Ac/c1-3-14(11-25-28-22(24)33)26-20(31)17-10-13-7-5-6-12-8-9-16(21(32)29(17)18(12)13)27-19(30)15(23)4-2;/h5-7,11,14-17,23H,3-4,8-10H2,1-2H3,(H,26,31)(H,27,30)(H3,24,28,33);/q-1;/b25-11+;/t14-,15-,16-,17-;/m0./s1. The topological polar surface area (TPSA) is 170 Å². The van der Waals surface area contributed by atoms with Crippen LogP contribution < -0.4 is 26.7 Å². The fourth-order valence-corrected chi connectivity index (χ4v) is 4.15. The van der Waals surface area contributed by atoms with Gasteiger partial charge in [0.1, 0.15) is 12.1 Å². The molecule has 0 aliphatic carbocycles. The molecule has 2 heterocycles. The molecule has 0 aromatic heterocycles. The van der Waals surface area contributed by atoms with Crippen LogP contribution in [0.3, 0.4) is 0 Å². The summed E-state index contributed by atoms with van der Waals surface area (Å²) < 4.78 is 0. The van der Waals surface area contributed by atoms with Crippen molar-refractivity contribution in [2.45, 2.75) is 70.1 Å². The Hall–Kier alpha value is -2.03. The molecule has 2 aliphatic rings. The number of nitrogens with one attached hydrogen (secondary N) is 4. The second kappa shape index (κ2) is 12.6. The summed E-state index contributed by atoms with van der Waals surface area (Å²) in [5.41, 5.74) is 17.5. The Morgan fingerprint density at radius 3 is 2.62 bits per heavy atom. The summed E-state index contributed by atoms with van der Waals surface area (Å²) in [5.74, 6) is -1.21. The van der Waals surface area contributed by atoms with E-state index in [1.807, 2.05) is 25.1 Å². The number of primary amides is 1. The Bertz CT molecular complexity index is 971. The molecule has 5 amide bonds. The van der Waals surface area contributed by atoms with Gasteiger partial charge in [-0.3, -0.25) is 19.3 Å². The van der Waals surface area contributed by atoms with E-state index in [1.54, 1.807) is 6.92 Å². The van der Waals surface area contributed by atoms with Gasteiger partial charge in [0.15, 0.2) is 0 Å². The van der Waals surface area contributed by atoms with Gasteiger partial charge in [0, 0.05) is 56.7 Å². The van der Waals surface area contributed by atoms with Crippen LogP contribution in [0.2, 0.25) is 0 Å². The van der Waals surface area contributed by atoms with Crippen molar-refractivity contribution in [2.24, 2.45) is 10.8 Å². The first-order valence-corrected chi connectivity index (χ1v) is 11.1. The van der Waals surface area contributed by atoms with E-state index in [0.29, 0.717) is 32.1 Å². The predicted octanol–water partition coefficient (Wildman–Crippen LogP) is 0.755. The summed E-state index contributed by atoms with van der Waals surface area (Å²) in [5, 5.41) is 9.28. The molecule has 0 fully saturated rings. The van der Waals surface area contributed by atoms with E-state index in [1.165, 1.54) is 11.1 Å². The van der Waals surface area contributed by atoms with Crippen molar-refractivity contribution in [3.63, 3.8) is 0 Å². The summed E-state index contributed by atoms with van der Waals surface area (Å²) in [4.78, 5) is 51.4. The first-order valence-electron chi connectivity index (χ1n) is 11.1. The number of carbonyl (C=O) groups is 4. The maximum atomic E-state index is 13.5. The number of carbonyl (C=O) groups excluding carboxylic acids is 4. The second-order valence-corrected chi connectivity index (χ2v) is 8.19. The zero-order chi connectivity index (χ0) is 24.1. The molecule has 1 aromatic rings. The normalized spacial score (nSPS) is 20.6. The molecule has 4 atom stereocenters. The third kappa shape index (κ3) is 6.34. The molecule has 12 heteroatoms. The third-order valence-electron chi connectivity index (χ3n) is 5.95. The molecule has 0 spiro atoms. The number of hydrazone groups is 1. The fourth-order valence-electron chi connectivity index (χ4n) is 4.15. The molecule has 2 aliphatic heterocycles. The van der Waals surface area contributed by atoms with Gasteiger partial charge in [0.25, 0.3) is 0 Å². The Balaban J connectivity index is 0.00000408. The van der Waals surface area contributed by atoms with Gasteiger partial charge in [-0.1, -0.05) is 44.5 Å². The van der Waals surface area contributed by atoms with Crippen molar-refractivity contribution in [1.82, 2.24) is 16.1 Å². The maximum Gasteiger partial charge on any atom is 0.332 e. The Labute approximate surface area is 234 Å². The largest absolute Gasteiger partial charge is 0.667 e. The van der Waals surface area contributed by atoms with Gasteiger partial charge in [0.05, 0.1) is 11.7 Å². The summed E-state index contributed by atoms with van der Waals surface area (Å²) in [6.07, 6.45) is 3.55. The van der Waals surface area contributed by atoms with Gasteiger partial charge < -0.3 is 22.1 Å². The van der Waals surface area contributed by atoms with Crippen molar-refractivity contribution >= 4 is 35.7 Å². The number of nitrogens with zero attached hydrogens (tertiary/aromatic N) is 2. The van der Waals surface area contributed by atoms with Gasteiger partial charge in [-0.2, -0.15) is 5.10 Å². The van der Waals surface area contributed by atoms with Crippen molar-refractivity contribution < 1.29 is 63.2 Å². The van der Waals surface area contributed by atoms with Crippen LogP contribution in [0.15, 0.2) is 23.3 Å². The van der Waals surface area contributed by atoms with E-state index in [4.69, 9.17) is 11.5 Å². The number of amides is 5. The Kier molecular flexibility index (Phi) is 10.5. The molecule has 6 N–H and O–H groups in total. The van der Waals surface area contributed by atoms with Gasteiger partial charge in [-0.25, -0.2) is 10.2 Å². The Morgan fingerprint density at radius 1 is 1.26 bits per heavy atom. The number of anilines is 1. The smallest absolute Gasteiger partial charge is 0.332 e. The van der Waals surface area contributed by atoms with Gasteiger partial charge in [-0.05, 0) is 30.4 Å². The van der Waals surface area contributed by atoms with Gasteiger partial charge in [-0.15, -0.1) is 0 Å². The quantitative estimate of drug-likeness (QED) is 0.235. The van der Waals surface area contributed by atoms with Gasteiger partial charge in [0.2, 0.25) is 17.7 Å². The number of benzene rings is 1. The molecular formula is C22H30AcN7O4-. The molecule has 1 radical (unpaired) electrons. The monoisotopic (exact) mass is 683 g/mol. The van der Waals surface area contributed by atoms with Crippen molar-refractivity contribution in [3.05, 3.63) is 35.1 Å². The summed E-state index contributed by atoms with van der Waals surface area (Å²) in [7, 11) is 0. The van der Waals surface area contributed by atoms with Crippen LogP contribution in [0, 0.1) is 44.1 Å². The van der Waals surface area contributed by atoms with Crippen molar-refractivity contribution in [2.75, 3.05) is 4.90 Å². The van der Waals surface area contributed by atoms with Crippen LogP contribution in [0.25, 0.3) is 5.73 Å². The van der Waals surface area contributed by atoms with Crippen LogP contribution >= 0.6 is 0 Å². The SMILES string of the molecule is CC[C@@H](/C=N/NC(N)=O)NC(=O)[C@@H]1Cc2cccc3c2N1C(=O)[C@@H](NC(=O)[C@@H]([NH-])CC)CC3.[Ac]. The number of nitrogens with two attached hydrogens (primary N) is 1. The molecule has 1 aromatic carbocycles. The number of urea groups is 1. The molecule has 11 nitrogen and oxygen atoms in total. The van der Waals surface area contributed by atoms with E-state index < -0.39 is 36.1 Å². The van der Waals surface area contributed by atoms with Crippen molar-refractivity contribution in [3.8, 4) is 0 Å². The van der Waals surface area contributed by atoms with Crippen LogP contribution in [0.5, 0.6) is 0 Å². The third-order valence-corrected chi connectivity index (χ3v) is 5.95. The van der Waals surface area contributed by atoms with E-state index >= 15 is 0 Å².